The SMILES string of the molecule is CC(C)[C@@H](C(=O)NCCc1ccc(Cl)cc1)N1Cc2ccccc2C1=O. The Morgan fingerprint density at radius 1 is 1.15 bits per heavy atom. The van der Waals surface area contributed by atoms with Crippen LogP contribution in [-0.2, 0) is 17.8 Å². The van der Waals surface area contributed by atoms with Crippen LogP contribution in [0.5, 0.6) is 0 Å². The Kier molecular flexibility index (Phi) is 5.62. The lowest BCUT2D eigenvalue weighted by atomic mass is 10.0. The number of hydrogen-bond donors (Lipinski definition) is 1. The third-order valence-electron chi connectivity index (χ3n) is 4.71. The van der Waals surface area contributed by atoms with Gasteiger partial charge in [0, 0.05) is 23.7 Å². The second-order valence-corrected chi connectivity index (χ2v) is 7.38. The van der Waals surface area contributed by atoms with Crippen LogP contribution in [0.2, 0.25) is 5.02 Å². The molecule has 136 valence electrons. The van der Waals surface area contributed by atoms with E-state index in [1.54, 1.807) is 4.90 Å². The maximum atomic E-state index is 12.8. The first kappa shape index (κ1) is 18.5. The van der Waals surface area contributed by atoms with Gasteiger partial charge in [0.05, 0.1) is 0 Å². The number of halogens is 1. The molecule has 2 aromatic rings. The highest BCUT2D eigenvalue weighted by molar-refractivity contribution is 6.30. The normalized spacial score (nSPS) is 14.5. The number of nitrogens with one attached hydrogen (secondary N) is 1. The van der Waals surface area contributed by atoms with E-state index in [1.165, 1.54) is 0 Å². The quantitative estimate of drug-likeness (QED) is 0.843. The molecule has 3 rings (SSSR count). The third kappa shape index (κ3) is 3.91. The summed E-state index contributed by atoms with van der Waals surface area (Å²) < 4.78 is 0. The van der Waals surface area contributed by atoms with Gasteiger partial charge in [0.25, 0.3) is 5.91 Å². The molecule has 0 unspecified atom stereocenters. The summed E-state index contributed by atoms with van der Waals surface area (Å²) in [5, 5.41) is 3.68. The number of fused-ring (bicyclic) bond motifs is 1. The molecule has 0 spiro atoms. The first-order chi connectivity index (χ1) is 12.5. The molecule has 0 fully saturated rings. The number of rotatable bonds is 6. The fourth-order valence-electron chi connectivity index (χ4n) is 3.39. The minimum absolute atomic E-state index is 0.0313. The average molecular weight is 371 g/mol. The highest BCUT2D eigenvalue weighted by Gasteiger charge is 2.37. The molecular weight excluding hydrogens is 348 g/mol. The van der Waals surface area contributed by atoms with Crippen molar-refractivity contribution in [2.24, 2.45) is 5.92 Å². The number of amides is 2. The number of carbonyl (C=O) groups excluding carboxylic acids is 2. The van der Waals surface area contributed by atoms with E-state index in [-0.39, 0.29) is 17.7 Å². The van der Waals surface area contributed by atoms with Crippen molar-refractivity contribution in [2.45, 2.75) is 32.9 Å². The molecule has 2 aromatic carbocycles. The summed E-state index contributed by atoms with van der Waals surface area (Å²) in [6.07, 6.45) is 0.724. The predicted molar refractivity (Wildman–Crippen MR) is 103 cm³/mol. The standard InChI is InChI=1S/C21H23ClN2O2/c1-14(2)19(24-13-16-5-3-4-6-18(16)21(24)26)20(25)23-12-11-15-7-9-17(22)10-8-15/h3-10,14,19H,11-13H2,1-2H3,(H,23,25)/t19-/m0/s1. The van der Waals surface area contributed by atoms with Gasteiger partial charge >= 0.3 is 0 Å². The number of nitrogens with zero attached hydrogens (tertiary/aromatic N) is 1. The Labute approximate surface area is 159 Å². The van der Waals surface area contributed by atoms with Crippen molar-refractivity contribution in [3.8, 4) is 0 Å². The zero-order valence-corrected chi connectivity index (χ0v) is 15.8. The summed E-state index contributed by atoms with van der Waals surface area (Å²) in [5.41, 5.74) is 2.80. The van der Waals surface area contributed by atoms with E-state index in [1.807, 2.05) is 62.4 Å². The predicted octanol–water partition coefficient (Wildman–Crippen LogP) is 3.68. The van der Waals surface area contributed by atoms with E-state index in [4.69, 9.17) is 11.6 Å². The van der Waals surface area contributed by atoms with Crippen molar-refractivity contribution in [2.75, 3.05) is 6.54 Å². The fourth-order valence-corrected chi connectivity index (χ4v) is 3.52. The highest BCUT2D eigenvalue weighted by atomic mass is 35.5. The minimum atomic E-state index is -0.472. The third-order valence-corrected chi connectivity index (χ3v) is 4.96. The van der Waals surface area contributed by atoms with Crippen molar-refractivity contribution in [3.05, 3.63) is 70.2 Å². The monoisotopic (exact) mass is 370 g/mol. The van der Waals surface area contributed by atoms with Gasteiger partial charge in [-0.25, -0.2) is 0 Å². The molecule has 0 saturated heterocycles. The second kappa shape index (κ2) is 7.92. The zero-order chi connectivity index (χ0) is 18.7. The fraction of sp³-hybridized carbons (Fsp3) is 0.333. The molecule has 26 heavy (non-hydrogen) atoms. The lowest BCUT2D eigenvalue weighted by Crippen LogP contribution is -2.50. The van der Waals surface area contributed by atoms with Gasteiger partial charge in [-0.05, 0) is 41.7 Å². The molecule has 1 heterocycles. The number of hydrogen-bond acceptors (Lipinski definition) is 2. The van der Waals surface area contributed by atoms with Gasteiger partial charge in [0.2, 0.25) is 5.91 Å². The van der Waals surface area contributed by atoms with Crippen LogP contribution in [0.25, 0.3) is 0 Å². The summed E-state index contributed by atoms with van der Waals surface area (Å²) >= 11 is 5.89. The Bertz CT molecular complexity index is 802. The molecular formula is C21H23ClN2O2. The highest BCUT2D eigenvalue weighted by Crippen LogP contribution is 2.27. The van der Waals surface area contributed by atoms with Crippen molar-refractivity contribution in [3.63, 3.8) is 0 Å². The van der Waals surface area contributed by atoms with E-state index in [0.29, 0.717) is 23.7 Å². The van der Waals surface area contributed by atoms with Crippen LogP contribution in [0.4, 0.5) is 0 Å². The molecule has 1 aliphatic rings. The Morgan fingerprint density at radius 2 is 1.85 bits per heavy atom. The lowest BCUT2D eigenvalue weighted by molar-refractivity contribution is -0.127. The van der Waals surface area contributed by atoms with E-state index in [9.17, 15) is 9.59 Å². The van der Waals surface area contributed by atoms with Gasteiger partial charge in [-0.15, -0.1) is 0 Å². The van der Waals surface area contributed by atoms with Crippen LogP contribution in [-0.4, -0.2) is 29.3 Å². The summed E-state index contributed by atoms with van der Waals surface area (Å²) in [7, 11) is 0. The number of benzene rings is 2. The molecule has 0 bridgehead atoms. The molecule has 0 saturated carbocycles. The summed E-state index contributed by atoms with van der Waals surface area (Å²) in [4.78, 5) is 27.2. The maximum absolute atomic E-state index is 12.8. The van der Waals surface area contributed by atoms with Crippen LogP contribution in [0.15, 0.2) is 48.5 Å². The minimum Gasteiger partial charge on any atom is -0.354 e. The number of carbonyl (C=O) groups is 2. The largest absolute Gasteiger partial charge is 0.354 e. The van der Waals surface area contributed by atoms with E-state index in [2.05, 4.69) is 5.32 Å². The lowest BCUT2D eigenvalue weighted by Gasteiger charge is -2.30. The first-order valence-corrected chi connectivity index (χ1v) is 9.26. The zero-order valence-electron chi connectivity index (χ0n) is 15.0. The van der Waals surface area contributed by atoms with Crippen LogP contribution >= 0.6 is 11.6 Å². The average Bonchev–Trinajstić information content (AvgIpc) is 2.93. The molecule has 5 heteroatoms. The van der Waals surface area contributed by atoms with Crippen LogP contribution in [0, 0.1) is 5.92 Å². The van der Waals surface area contributed by atoms with E-state index in [0.717, 1.165) is 17.5 Å². The maximum Gasteiger partial charge on any atom is 0.255 e. The summed E-state index contributed by atoms with van der Waals surface area (Å²) in [6, 6.07) is 14.7. The van der Waals surface area contributed by atoms with Gasteiger partial charge in [-0.1, -0.05) is 55.8 Å². The summed E-state index contributed by atoms with van der Waals surface area (Å²) in [5.74, 6) is -0.133. The molecule has 4 nitrogen and oxygen atoms in total. The molecule has 1 atom stereocenters. The summed E-state index contributed by atoms with van der Waals surface area (Å²) in [6.45, 7) is 4.96. The first-order valence-electron chi connectivity index (χ1n) is 8.88. The smallest absolute Gasteiger partial charge is 0.255 e. The van der Waals surface area contributed by atoms with Crippen molar-refractivity contribution >= 4 is 23.4 Å². The molecule has 0 aromatic heterocycles. The van der Waals surface area contributed by atoms with E-state index < -0.39 is 6.04 Å². The van der Waals surface area contributed by atoms with Crippen molar-refractivity contribution in [1.82, 2.24) is 10.2 Å². The van der Waals surface area contributed by atoms with Gasteiger partial charge < -0.3 is 10.2 Å². The van der Waals surface area contributed by atoms with Gasteiger partial charge in [-0.2, -0.15) is 0 Å². The van der Waals surface area contributed by atoms with Crippen LogP contribution in [0.1, 0.15) is 35.3 Å². The molecule has 2 amide bonds. The second-order valence-electron chi connectivity index (χ2n) is 6.95. The topological polar surface area (TPSA) is 49.4 Å². The Balaban J connectivity index is 1.64. The molecule has 0 radical (unpaired) electrons. The Morgan fingerprint density at radius 3 is 2.50 bits per heavy atom. The molecule has 0 aliphatic carbocycles. The van der Waals surface area contributed by atoms with E-state index >= 15 is 0 Å². The van der Waals surface area contributed by atoms with Gasteiger partial charge in [-0.3, -0.25) is 9.59 Å². The van der Waals surface area contributed by atoms with Gasteiger partial charge in [0.1, 0.15) is 6.04 Å². The van der Waals surface area contributed by atoms with Crippen molar-refractivity contribution in [1.29, 1.82) is 0 Å². The Hall–Kier alpha value is -2.33. The van der Waals surface area contributed by atoms with Gasteiger partial charge in [0.15, 0.2) is 0 Å². The van der Waals surface area contributed by atoms with Crippen LogP contribution < -0.4 is 5.32 Å². The molecule has 1 aliphatic heterocycles. The van der Waals surface area contributed by atoms with Crippen LogP contribution in [0.3, 0.4) is 0 Å². The molecule has 1 N–H and O–H groups in total. The van der Waals surface area contributed by atoms with Crippen molar-refractivity contribution < 1.29 is 9.59 Å².